The lowest BCUT2D eigenvalue weighted by Gasteiger charge is -2.26. The third-order valence-corrected chi connectivity index (χ3v) is 7.12. The molecule has 0 aromatic carbocycles. The van der Waals surface area contributed by atoms with Gasteiger partial charge in [-0.1, -0.05) is 27.7 Å². The van der Waals surface area contributed by atoms with E-state index in [-0.39, 0.29) is 0 Å². The van der Waals surface area contributed by atoms with Crippen LogP contribution in [0, 0.1) is 0 Å². The maximum atomic E-state index is 11.3. The first-order valence-electron chi connectivity index (χ1n) is 5.49. The highest BCUT2D eigenvalue weighted by atomic mass is 28.4. The summed E-state index contributed by atoms with van der Waals surface area (Å²) in [7, 11) is -1.81. The smallest absolute Gasteiger partial charge is 0.489 e. The molecule has 0 amide bonds. The summed E-state index contributed by atoms with van der Waals surface area (Å²) in [6.07, 6.45) is 0.373. The van der Waals surface area contributed by atoms with Crippen molar-refractivity contribution >= 4 is 14.5 Å². The van der Waals surface area contributed by atoms with Crippen LogP contribution >= 0.6 is 0 Å². The second kappa shape index (κ2) is 6.87. The average Bonchev–Trinajstić information content (AvgIpc) is 2.23. The Morgan fingerprint density at radius 2 is 1.57 bits per heavy atom. The van der Waals surface area contributed by atoms with Crippen molar-refractivity contribution in [3.63, 3.8) is 0 Å². The van der Waals surface area contributed by atoms with Crippen LogP contribution in [0.4, 0.5) is 4.79 Å². The zero-order chi connectivity index (χ0) is 11.0. The Balaban J connectivity index is 4.08. The predicted octanol–water partition coefficient (Wildman–Crippen LogP) is 3.55. The molecule has 0 aliphatic heterocycles. The van der Waals surface area contributed by atoms with Gasteiger partial charge in [0.05, 0.1) is 6.61 Å². The van der Waals surface area contributed by atoms with E-state index >= 15 is 0 Å². The maximum Gasteiger partial charge on any atom is 0.494 e. The largest absolute Gasteiger partial charge is 0.494 e. The van der Waals surface area contributed by atoms with Crippen LogP contribution in [0.1, 0.15) is 34.1 Å². The van der Waals surface area contributed by atoms with Crippen molar-refractivity contribution in [2.24, 2.45) is 0 Å². The Labute approximate surface area is 87.9 Å². The van der Waals surface area contributed by atoms with Crippen LogP contribution in [0.15, 0.2) is 0 Å². The van der Waals surface area contributed by atoms with Gasteiger partial charge in [0, 0.05) is 0 Å². The minimum absolute atomic E-state index is 0.459. The van der Waals surface area contributed by atoms with E-state index in [0.29, 0.717) is 6.61 Å². The molecule has 3 nitrogen and oxygen atoms in total. The molecule has 0 fully saturated rings. The minimum Gasteiger partial charge on any atom is -0.489 e. The van der Waals surface area contributed by atoms with E-state index in [1.54, 1.807) is 0 Å². The maximum absolute atomic E-state index is 11.3. The number of hydrogen-bond donors (Lipinski definition) is 0. The van der Waals surface area contributed by atoms with Crippen LogP contribution < -0.4 is 0 Å². The molecule has 0 N–H and O–H groups in total. The van der Waals surface area contributed by atoms with Crippen LogP contribution in [-0.4, -0.2) is 21.1 Å². The lowest BCUT2D eigenvalue weighted by molar-refractivity contribution is 0.0956. The van der Waals surface area contributed by atoms with Crippen LogP contribution in [0.25, 0.3) is 0 Å². The summed E-state index contributed by atoms with van der Waals surface area (Å²) >= 11 is 0. The lowest BCUT2D eigenvalue weighted by atomic mass is 10.5. The SMILES string of the molecule is CCCOC(=O)O[Si](CC)(CC)CC. The molecule has 0 radical (unpaired) electrons. The molecular weight excluding hydrogens is 196 g/mol. The van der Waals surface area contributed by atoms with Crippen molar-refractivity contribution < 1.29 is 14.0 Å². The van der Waals surface area contributed by atoms with E-state index in [9.17, 15) is 4.79 Å². The second-order valence-electron chi connectivity index (χ2n) is 3.44. The lowest BCUT2D eigenvalue weighted by Crippen LogP contribution is -2.38. The molecular formula is C10H22O3Si. The summed E-state index contributed by atoms with van der Waals surface area (Å²) in [5, 5.41) is 0. The zero-order valence-corrected chi connectivity index (χ0v) is 10.8. The molecule has 0 spiro atoms. The number of carbonyl (C=O) groups excluding carboxylic acids is 1. The van der Waals surface area contributed by atoms with E-state index in [2.05, 4.69) is 20.8 Å². The van der Waals surface area contributed by atoms with Crippen molar-refractivity contribution in [2.75, 3.05) is 6.61 Å². The second-order valence-corrected chi connectivity index (χ2v) is 8.14. The highest BCUT2D eigenvalue weighted by Gasteiger charge is 2.33. The van der Waals surface area contributed by atoms with Gasteiger partial charge in [0.25, 0.3) is 8.32 Å². The molecule has 0 saturated carbocycles. The summed E-state index contributed by atoms with van der Waals surface area (Å²) in [6, 6.07) is 2.92. The molecule has 0 aliphatic carbocycles. The third-order valence-electron chi connectivity index (χ3n) is 2.66. The van der Waals surface area contributed by atoms with Gasteiger partial charge in [0.2, 0.25) is 0 Å². The number of rotatable bonds is 6. The first-order chi connectivity index (χ1) is 6.64. The van der Waals surface area contributed by atoms with Gasteiger partial charge >= 0.3 is 6.16 Å². The normalized spacial score (nSPS) is 11.1. The fraction of sp³-hybridized carbons (Fsp3) is 0.900. The van der Waals surface area contributed by atoms with Gasteiger partial charge in [-0.2, -0.15) is 0 Å². The fourth-order valence-electron chi connectivity index (χ4n) is 1.36. The van der Waals surface area contributed by atoms with Crippen LogP contribution in [0.3, 0.4) is 0 Å². The van der Waals surface area contributed by atoms with Crippen LogP contribution in [-0.2, 0) is 9.16 Å². The molecule has 0 aromatic rings. The van der Waals surface area contributed by atoms with Crippen LogP contribution in [0.2, 0.25) is 18.1 Å². The van der Waals surface area contributed by atoms with Gasteiger partial charge in [0.15, 0.2) is 0 Å². The predicted molar refractivity (Wildman–Crippen MR) is 59.9 cm³/mol. The number of ether oxygens (including phenoxy) is 1. The van der Waals surface area contributed by atoms with Gasteiger partial charge < -0.3 is 9.16 Å². The molecule has 0 aliphatic rings. The fourth-order valence-corrected chi connectivity index (χ4v) is 3.70. The van der Waals surface area contributed by atoms with Gasteiger partial charge in [0.1, 0.15) is 0 Å². The van der Waals surface area contributed by atoms with Crippen molar-refractivity contribution in [1.29, 1.82) is 0 Å². The topological polar surface area (TPSA) is 35.5 Å². The summed E-state index contributed by atoms with van der Waals surface area (Å²) in [4.78, 5) is 11.3. The van der Waals surface area contributed by atoms with E-state index in [4.69, 9.17) is 9.16 Å². The van der Waals surface area contributed by atoms with Crippen molar-refractivity contribution in [1.82, 2.24) is 0 Å². The van der Waals surface area contributed by atoms with Crippen molar-refractivity contribution in [3.8, 4) is 0 Å². The Kier molecular flexibility index (Phi) is 6.62. The molecule has 0 unspecified atom stereocenters. The minimum atomic E-state index is -1.81. The molecule has 0 saturated heterocycles. The number of carbonyl (C=O) groups is 1. The first-order valence-corrected chi connectivity index (χ1v) is 8.02. The Morgan fingerprint density at radius 1 is 1.07 bits per heavy atom. The van der Waals surface area contributed by atoms with E-state index < -0.39 is 14.5 Å². The van der Waals surface area contributed by atoms with Gasteiger partial charge in [-0.15, -0.1) is 0 Å². The summed E-state index contributed by atoms with van der Waals surface area (Å²) in [5.41, 5.74) is 0. The molecule has 0 heterocycles. The average molecular weight is 218 g/mol. The Hall–Kier alpha value is -0.513. The summed E-state index contributed by atoms with van der Waals surface area (Å²) < 4.78 is 10.4. The first kappa shape index (κ1) is 13.5. The standard InChI is InChI=1S/C10H22O3Si/c1-5-9-12-10(11)13-14(6-2,7-3)8-4/h5-9H2,1-4H3. The highest BCUT2D eigenvalue weighted by molar-refractivity contribution is 6.74. The van der Waals surface area contributed by atoms with Gasteiger partial charge in [-0.3, -0.25) is 0 Å². The van der Waals surface area contributed by atoms with Gasteiger partial charge in [-0.05, 0) is 24.6 Å². The van der Waals surface area contributed by atoms with Crippen molar-refractivity contribution in [3.05, 3.63) is 0 Å². The molecule has 0 rings (SSSR count). The molecule has 0 atom stereocenters. The van der Waals surface area contributed by atoms with Gasteiger partial charge in [-0.25, -0.2) is 4.79 Å². The molecule has 0 aromatic heterocycles. The highest BCUT2D eigenvalue weighted by Crippen LogP contribution is 2.22. The zero-order valence-electron chi connectivity index (χ0n) is 9.76. The van der Waals surface area contributed by atoms with E-state index in [1.807, 2.05) is 6.92 Å². The molecule has 84 valence electrons. The molecule has 4 heteroatoms. The summed E-state index contributed by atoms with van der Waals surface area (Å²) in [6.45, 7) is 8.70. The Bertz CT molecular complexity index is 158. The molecule has 14 heavy (non-hydrogen) atoms. The Morgan fingerprint density at radius 3 is 1.93 bits per heavy atom. The number of hydrogen-bond acceptors (Lipinski definition) is 3. The van der Waals surface area contributed by atoms with E-state index in [1.165, 1.54) is 0 Å². The van der Waals surface area contributed by atoms with Crippen LogP contribution in [0.5, 0.6) is 0 Å². The van der Waals surface area contributed by atoms with E-state index in [0.717, 1.165) is 24.6 Å². The quantitative estimate of drug-likeness (QED) is 0.505. The summed E-state index contributed by atoms with van der Waals surface area (Å²) in [5.74, 6) is 0. The third kappa shape index (κ3) is 4.13. The molecule has 0 bridgehead atoms. The monoisotopic (exact) mass is 218 g/mol. The van der Waals surface area contributed by atoms with Crippen molar-refractivity contribution in [2.45, 2.75) is 52.2 Å².